The third kappa shape index (κ3) is 6.70. The number of hydrogen-bond donors (Lipinski definition) is 0. The quantitative estimate of drug-likeness (QED) is 0.206. The molecule has 1 aliphatic carbocycles. The molecule has 170 valence electrons. The summed E-state index contributed by atoms with van der Waals surface area (Å²) in [4.78, 5) is 0. The molecule has 3 rings (SSSR count). The van der Waals surface area contributed by atoms with Gasteiger partial charge in [-0.1, -0.05) is 128 Å². The molecule has 0 nitrogen and oxygen atoms in total. The van der Waals surface area contributed by atoms with E-state index in [4.69, 9.17) is 0 Å². The van der Waals surface area contributed by atoms with Crippen molar-refractivity contribution in [3.8, 4) is 11.1 Å². The van der Waals surface area contributed by atoms with Gasteiger partial charge in [0.05, 0.1) is 0 Å². The SMILES string of the molecule is CCCCCCCCc1c(Br)ccc2c1C(CCCCCCCC)c1cc(Br)ccc1-2. The first-order valence-corrected chi connectivity index (χ1v) is 14.4. The van der Waals surface area contributed by atoms with Crippen molar-refractivity contribution in [1.29, 1.82) is 0 Å². The summed E-state index contributed by atoms with van der Waals surface area (Å²) in [6.07, 6.45) is 18.8. The van der Waals surface area contributed by atoms with E-state index in [0.29, 0.717) is 5.92 Å². The number of halogens is 2. The largest absolute Gasteiger partial charge is 0.0654 e. The zero-order valence-electron chi connectivity index (χ0n) is 19.6. The summed E-state index contributed by atoms with van der Waals surface area (Å²) in [5.41, 5.74) is 7.70. The molecule has 0 saturated carbocycles. The maximum Gasteiger partial charge on any atom is 0.0210 e. The minimum absolute atomic E-state index is 0.557. The smallest absolute Gasteiger partial charge is 0.0210 e. The van der Waals surface area contributed by atoms with Gasteiger partial charge in [-0.25, -0.2) is 0 Å². The lowest BCUT2D eigenvalue weighted by molar-refractivity contribution is 0.568. The molecule has 31 heavy (non-hydrogen) atoms. The molecule has 0 heterocycles. The molecule has 0 spiro atoms. The maximum absolute atomic E-state index is 3.93. The van der Waals surface area contributed by atoms with E-state index >= 15 is 0 Å². The molecule has 0 amide bonds. The molecule has 0 fully saturated rings. The molecule has 2 aromatic carbocycles. The van der Waals surface area contributed by atoms with Crippen LogP contribution in [-0.2, 0) is 6.42 Å². The lowest BCUT2D eigenvalue weighted by atomic mass is 9.86. The highest BCUT2D eigenvalue weighted by Crippen LogP contribution is 2.50. The van der Waals surface area contributed by atoms with Gasteiger partial charge in [0.25, 0.3) is 0 Å². The monoisotopic (exact) mass is 546 g/mol. The van der Waals surface area contributed by atoms with Crippen LogP contribution in [0.5, 0.6) is 0 Å². The fraction of sp³-hybridized carbons (Fsp3) is 0.586. The van der Waals surface area contributed by atoms with E-state index in [0.717, 1.165) is 0 Å². The number of hydrogen-bond acceptors (Lipinski definition) is 0. The lowest BCUT2D eigenvalue weighted by Gasteiger charge is -2.19. The molecule has 0 aromatic heterocycles. The van der Waals surface area contributed by atoms with Crippen molar-refractivity contribution in [1.82, 2.24) is 0 Å². The molecule has 0 saturated heterocycles. The zero-order chi connectivity index (χ0) is 22.1. The van der Waals surface area contributed by atoms with E-state index in [9.17, 15) is 0 Å². The highest BCUT2D eigenvalue weighted by atomic mass is 79.9. The second kappa shape index (κ2) is 13.2. The third-order valence-corrected chi connectivity index (χ3v) is 8.19. The van der Waals surface area contributed by atoms with Crippen LogP contribution in [0.4, 0.5) is 0 Å². The molecule has 0 N–H and O–H groups in total. The van der Waals surface area contributed by atoms with Crippen molar-refractivity contribution in [2.24, 2.45) is 0 Å². The lowest BCUT2D eigenvalue weighted by Crippen LogP contribution is -2.03. The minimum atomic E-state index is 0.557. The molecular formula is C29H40Br2. The summed E-state index contributed by atoms with van der Waals surface area (Å²) >= 11 is 7.67. The first-order valence-electron chi connectivity index (χ1n) is 12.8. The molecule has 2 aromatic rings. The first-order chi connectivity index (χ1) is 15.2. The van der Waals surface area contributed by atoms with Crippen LogP contribution in [0.1, 0.15) is 120 Å². The number of benzene rings is 2. The van der Waals surface area contributed by atoms with Gasteiger partial charge in [-0.15, -0.1) is 0 Å². The third-order valence-electron chi connectivity index (χ3n) is 6.95. The van der Waals surface area contributed by atoms with Crippen LogP contribution in [0.2, 0.25) is 0 Å². The summed E-state index contributed by atoms with van der Waals surface area (Å²) in [5, 5.41) is 0. The van der Waals surface area contributed by atoms with Gasteiger partial charge < -0.3 is 0 Å². The topological polar surface area (TPSA) is 0 Å². The summed E-state index contributed by atoms with van der Waals surface area (Å²) in [6, 6.07) is 11.6. The highest BCUT2D eigenvalue weighted by molar-refractivity contribution is 9.10. The summed E-state index contributed by atoms with van der Waals surface area (Å²) < 4.78 is 2.53. The number of unbranched alkanes of at least 4 members (excludes halogenated alkanes) is 10. The van der Waals surface area contributed by atoms with Crippen LogP contribution in [0.3, 0.4) is 0 Å². The predicted molar refractivity (Wildman–Crippen MR) is 144 cm³/mol. The van der Waals surface area contributed by atoms with Gasteiger partial charge in [0.2, 0.25) is 0 Å². The van der Waals surface area contributed by atoms with Crippen molar-refractivity contribution in [2.75, 3.05) is 0 Å². The van der Waals surface area contributed by atoms with E-state index in [2.05, 4.69) is 76.0 Å². The Balaban J connectivity index is 1.76. The summed E-state index contributed by atoms with van der Waals surface area (Å²) in [7, 11) is 0. The fourth-order valence-electron chi connectivity index (χ4n) is 5.26. The summed E-state index contributed by atoms with van der Waals surface area (Å²) in [5.74, 6) is 0.557. The Bertz CT molecular complexity index is 824. The summed E-state index contributed by atoms with van der Waals surface area (Å²) in [6.45, 7) is 4.60. The van der Waals surface area contributed by atoms with Gasteiger partial charge in [0.1, 0.15) is 0 Å². The Kier molecular flexibility index (Phi) is 10.7. The second-order valence-electron chi connectivity index (χ2n) is 9.35. The fourth-order valence-corrected chi connectivity index (χ4v) is 6.18. The zero-order valence-corrected chi connectivity index (χ0v) is 22.8. The van der Waals surface area contributed by atoms with Crippen LogP contribution < -0.4 is 0 Å². The maximum atomic E-state index is 3.93. The standard InChI is InChI=1S/C29H40Br2/c1-3-5-7-9-11-13-15-24-27-21-22(30)17-18-23(27)25-19-20-28(31)26(29(24)25)16-14-12-10-8-6-4-2/h17-21,24H,3-16H2,1-2H3. The van der Waals surface area contributed by atoms with Gasteiger partial charge in [-0.3, -0.25) is 0 Å². The van der Waals surface area contributed by atoms with E-state index in [1.165, 1.54) is 110 Å². The average Bonchev–Trinajstić information content (AvgIpc) is 3.07. The Morgan fingerprint density at radius 1 is 0.677 bits per heavy atom. The Morgan fingerprint density at radius 3 is 2.00 bits per heavy atom. The van der Waals surface area contributed by atoms with Gasteiger partial charge in [0, 0.05) is 14.9 Å². The molecule has 0 aliphatic heterocycles. The Labute approximate surface area is 207 Å². The van der Waals surface area contributed by atoms with Crippen molar-refractivity contribution in [3.05, 3.63) is 56.0 Å². The van der Waals surface area contributed by atoms with Gasteiger partial charge in [-0.05, 0) is 65.3 Å². The molecule has 0 radical (unpaired) electrons. The molecular weight excluding hydrogens is 508 g/mol. The van der Waals surface area contributed by atoms with E-state index in [-0.39, 0.29) is 0 Å². The van der Waals surface area contributed by atoms with Crippen molar-refractivity contribution >= 4 is 31.9 Å². The number of fused-ring (bicyclic) bond motifs is 3. The van der Waals surface area contributed by atoms with Gasteiger partial charge in [-0.2, -0.15) is 0 Å². The van der Waals surface area contributed by atoms with Gasteiger partial charge >= 0.3 is 0 Å². The second-order valence-corrected chi connectivity index (χ2v) is 11.1. The van der Waals surface area contributed by atoms with Crippen molar-refractivity contribution in [2.45, 2.75) is 110 Å². The first kappa shape index (κ1) is 25.0. The van der Waals surface area contributed by atoms with Crippen LogP contribution in [0.15, 0.2) is 39.3 Å². The normalized spacial score (nSPS) is 14.6. The molecule has 1 aliphatic rings. The molecule has 2 heteroatoms. The molecule has 1 unspecified atom stereocenters. The average molecular weight is 548 g/mol. The van der Waals surface area contributed by atoms with Crippen LogP contribution in [0.25, 0.3) is 11.1 Å². The number of rotatable bonds is 14. The van der Waals surface area contributed by atoms with E-state index in [1.54, 1.807) is 16.7 Å². The Hall–Kier alpha value is -0.600. The van der Waals surface area contributed by atoms with Crippen LogP contribution in [-0.4, -0.2) is 0 Å². The van der Waals surface area contributed by atoms with Crippen LogP contribution >= 0.6 is 31.9 Å². The Morgan fingerprint density at radius 2 is 1.29 bits per heavy atom. The van der Waals surface area contributed by atoms with E-state index < -0.39 is 0 Å². The van der Waals surface area contributed by atoms with Gasteiger partial charge in [0.15, 0.2) is 0 Å². The van der Waals surface area contributed by atoms with Crippen molar-refractivity contribution in [3.63, 3.8) is 0 Å². The minimum Gasteiger partial charge on any atom is -0.0654 e. The predicted octanol–water partition coefficient (Wildman–Crippen LogP) is 11.0. The molecule has 1 atom stereocenters. The van der Waals surface area contributed by atoms with Crippen LogP contribution in [0, 0.1) is 0 Å². The molecule has 0 bridgehead atoms. The van der Waals surface area contributed by atoms with Crippen molar-refractivity contribution < 1.29 is 0 Å². The highest BCUT2D eigenvalue weighted by Gasteiger charge is 2.31. The van der Waals surface area contributed by atoms with E-state index in [1.807, 2.05) is 0 Å².